The summed E-state index contributed by atoms with van der Waals surface area (Å²) in [5.41, 5.74) is 5.27. The second-order valence-electron chi connectivity index (χ2n) is 5.35. The summed E-state index contributed by atoms with van der Waals surface area (Å²) in [5.74, 6) is 0.412. The van der Waals surface area contributed by atoms with Crippen molar-refractivity contribution < 1.29 is 9.59 Å². The summed E-state index contributed by atoms with van der Waals surface area (Å²) in [6, 6.07) is 0. The van der Waals surface area contributed by atoms with Crippen LogP contribution in [0, 0.1) is 11.3 Å². The number of hydrogen-bond donors (Lipinski definition) is 1. The maximum atomic E-state index is 11.9. The molecule has 1 atom stereocenters. The van der Waals surface area contributed by atoms with Crippen LogP contribution in [0.5, 0.6) is 0 Å². The zero-order chi connectivity index (χ0) is 11.5. The van der Waals surface area contributed by atoms with E-state index in [0.29, 0.717) is 25.8 Å². The van der Waals surface area contributed by atoms with E-state index in [1.165, 1.54) is 0 Å². The molecule has 0 aromatic heterocycles. The highest BCUT2D eigenvalue weighted by Crippen LogP contribution is 2.33. The van der Waals surface area contributed by atoms with Crippen molar-refractivity contribution in [1.82, 2.24) is 0 Å². The van der Waals surface area contributed by atoms with Gasteiger partial charge in [0.1, 0.15) is 11.6 Å². The van der Waals surface area contributed by atoms with Crippen molar-refractivity contribution in [3.8, 4) is 0 Å². The lowest BCUT2D eigenvalue weighted by Crippen LogP contribution is -2.19. The summed E-state index contributed by atoms with van der Waals surface area (Å²) in [6.45, 7) is 4.59. The van der Waals surface area contributed by atoms with Crippen LogP contribution in [0.3, 0.4) is 0 Å². The molecule has 0 amide bonds. The Morgan fingerprint density at radius 1 is 1.33 bits per heavy atom. The molecule has 0 saturated heterocycles. The minimum atomic E-state index is -0.147. The number of rotatable bonds is 3. The van der Waals surface area contributed by atoms with E-state index in [1.54, 1.807) is 0 Å². The van der Waals surface area contributed by atoms with Crippen LogP contribution in [-0.4, -0.2) is 18.1 Å². The van der Waals surface area contributed by atoms with Crippen molar-refractivity contribution in [2.45, 2.75) is 46.0 Å². The summed E-state index contributed by atoms with van der Waals surface area (Å²) in [7, 11) is 0. The Balaban J connectivity index is 2.66. The van der Waals surface area contributed by atoms with Crippen molar-refractivity contribution >= 4 is 11.6 Å². The molecule has 0 aromatic rings. The molecule has 1 rings (SSSR count). The van der Waals surface area contributed by atoms with Gasteiger partial charge in [0.05, 0.1) is 0 Å². The van der Waals surface area contributed by atoms with Crippen LogP contribution in [0.25, 0.3) is 0 Å². The van der Waals surface area contributed by atoms with E-state index in [9.17, 15) is 9.59 Å². The molecule has 86 valence electrons. The zero-order valence-electron chi connectivity index (χ0n) is 9.71. The Kier molecular flexibility index (Phi) is 4.03. The average molecular weight is 211 g/mol. The molecule has 2 N–H and O–H groups in total. The fraction of sp³-hybridized carbons (Fsp3) is 0.833. The average Bonchev–Trinajstić information content (AvgIpc) is 2.18. The lowest BCUT2D eigenvalue weighted by atomic mass is 9.83. The van der Waals surface area contributed by atoms with Gasteiger partial charge in [0.2, 0.25) is 0 Å². The molecule has 15 heavy (non-hydrogen) atoms. The van der Waals surface area contributed by atoms with Crippen LogP contribution >= 0.6 is 0 Å². The van der Waals surface area contributed by atoms with Crippen LogP contribution in [0.15, 0.2) is 0 Å². The number of nitrogens with two attached hydrogens (primary N) is 1. The Morgan fingerprint density at radius 2 is 2.00 bits per heavy atom. The number of Topliss-reactive ketones (excluding diaryl/α,β-unsaturated/α-hetero) is 2. The molecule has 0 radical (unpaired) electrons. The first-order valence-electron chi connectivity index (χ1n) is 5.69. The van der Waals surface area contributed by atoms with Crippen LogP contribution in [0.2, 0.25) is 0 Å². The lowest BCUT2D eigenvalue weighted by Gasteiger charge is -2.20. The smallest absolute Gasteiger partial charge is 0.136 e. The van der Waals surface area contributed by atoms with Gasteiger partial charge in [0.25, 0.3) is 0 Å². The van der Waals surface area contributed by atoms with E-state index in [0.717, 1.165) is 12.8 Å². The zero-order valence-corrected chi connectivity index (χ0v) is 9.71. The molecule has 3 heteroatoms. The fourth-order valence-corrected chi connectivity index (χ4v) is 2.30. The summed E-state index contributed by atoms with van der Waals surface area (Å²) in [6.07, 6.45) is 3.12. The van der Waals surface area contributed by atoms with Crippen LogP contribution in [-0.2, 0) is 9.59 Å². The first kappa shape index (κ1) is 12.4. The first-order chi connectivity index (χ1) is 6.94. The second-order valence-corrected chi connectivity index (χ2v) is 5.35. The van der Waals surface area contributed by atoms with E-state index >= 15 is 0 Å². The van der Waals surface area contributed by atoms with E-state index in [2.05, 4.69) is 0 Å². The summed E-state index contributed by atoms with van der Waals surface area (Å²) < 4.78 is 0. The molecule has 0 aliphatic heterocycles. The first-order valence-corrected chi connectivity index (χ1v) is 5.69. The predicted molar refractivity (Wildman–Crippen MR) is 59.4 cm³/mol. The number of carbonyl (C=O) groups is 2. The molecule has 0 heterocycles. The van der Waals surface area contributed by atoms with Crippen molar-refractivity contribution in [2.75, 3.05) is 6.54 Å². The molecular weight excluding hydrogens is 190 g/mol. The molecule has 0 aromatic carbocycles. The molecular formula is C12H21NO2. The van der Waals surface area contributed by atoms with Gasteiger partial charge in [-0.25, -0.2) is 0 Å². The molecule has 1 aliphatic rings. The van der Waals surface area contributed by atoms with Gasteiger partial charge in [0.15, 0.2) is 0 Å². The second kappa shape index (κ2) is 4.88. The van der Waals surface area contributed by atoms with Gasteiger partial charge in [-0.05, 0) is 24.8 Å². The highest BCUT2D eigenvalue weighted by molar-refractivity contribution is 5.91. The van der Waals surface area contributed by atoms with Gasteiger partial charge < -0.3 is 5.73 Å². The van der Waals surface area contributed by atoms with Crippen LogP contribution in [0.4, 0.5) is 0 Å². The van der Waals surface area contributed by atoms with Gasteiger partial charge in [-0.15, -0.1) is 0 Å². The van der Waals surface area contributed by atoms with Crippen LogP contribution in [0.1, 0.15) is 46.0 Å². The Morgan fingerprint density at radius 3 is 2.60 bits per heavy atom. The van der Waals surface area contributed by atoms with E-state index in [1.807, 2.05) is 13.8 Å². The Bertz CT molecular complexity index is 258. The third-order valence-electron chi connectivity index (χ3n) is 3.01. The summed E-state index contributed by atoms with van der Waals surface area (Å²) >= 11 is 0. The van der Waals surface area contributed by atoms with Gasteiger partial charge in [-0.2, -0.15) is 0 Å². The van der Waals surface area contributed by atoms with Gasteiger partial charge >= 0.3 is 0 Å². The fourth-order valence-electron chi connectivity index (χ4n) is 2.30. The van der Waals surface area contributed by atoms with Gasteiger partial charge in [0, 0.05) is 25.2 Å². The topological polar surface area (TPSA) is 60.2 Å². The maximum Gasteiger partial charge on any atom is 0.136 e. The number of carbonyl (C=O) groups excluding carboxylic acids is 2. The lowest BCUT2D eigenvalue weighted by molar-refractivity contribution is -0.126. The number of ketones is 2. The summed E-state index contributed by atoms with van der Waals surface area (Å²) in [5, 5.41) is 0. The highest BCUT2D eigenvalue weighted by atomic mass is 16.1. The normalized spacial score (nSPS) is 26.5. The van der Waals surface area contributed by atoms with Gasteiger partial charge in [-0.1, -0.05) is 13.8 Å². The number of hydrogen-bond acceptors (Lipinski definition) is 3. The SMILES string of the molecule is CC1(C)CC(=O)C[C@H](CCCN)C(=O)C1. The highest BCUT2D eigenvalue weighted by Gasteiger charge is 2.34. The minimum Gasteiger partial charge on any atom is -0.330 e. The molecule has 1 aliphatic carbocycles. The molecule has 1 fully saturated rings. The van der Waals surface area contributed by atoms with Crippen molar-refractivity contribution in [1.29, 1.82) is 0 Å². The third-order valence-corrected chi connectivity index (χ3v) is 3.01. The quantitative estimate of drug-likeness (QED) is 0.723. The standard InChI is InChI=1S/C12H21NO2/c1-12(2)7-10(14)6-9(4-3-5-13)11(15)8-12/h9H,3-8,13H2,1-2H3/t9-/m0/s1. The van der Waals surface area contributed by atoms with Crippen LogP contribution < -0.4 is 5.73 Å². The largest absolute Gasteiger partial charge is 0.330 e. The Hall–Kier alpha value is -0.700. The third kappa shape index (κ3) is 3.74. The van der Waals surface area contributed by atoms with Crippen molar-refractivity contribution in [3.05, 3.63) is 0 Å². The van der Waals surface area contributed by atoms with E-state index in [-0.39, 0.29) is 22.9 Å². The maximum absolute atomic E-state index is 11.9. The van der Waals surface area contributed by atoms with Crippen molar-refractivity contribution in [3.63, 3.8) is 0 Å². The minimum absolute atomic E-state index is 0.0668. The monoisotopic (exact) mass is 211 g/mol. The molecule has 0 spiro atoms. The predicted octanol–water partition coefficient (Wildman–Crippen LogP) is 1.69. The Labute approximate surface area is 91.4 Å². The van der Waals surface area contributed by atoms with Gasteiger partial charge in [-0.3, -0.25) is 9.59 Å². The molecule has 0 bridgehead atoms. The molecule has 1 saturated carbocycles. The molecule has 3 nitrogen and oxygen atoms in total. The molecule has 0 unspecified atom stereocenters. The van der Waals surface area contributed by atoms with Crippen molar-refractivity contribution in [2.24, 2.45) is 17.1 Å². The van der Waals surface area contributed by atoms with E-state index in [4.69, 9.17) is 5.73 Å². The summed E-state index contributed by atoms with van der Waals surface area (Å²) in [4.78, 5) is 23.5. The van der Waals surface area contributed by atoms with E-state index < -0.39 is 0 Å².